The molecule has 0 fully saturated rings. The van der Waals surface area contributed by atoms with Crippen molar-refractivity contribution in [1.82, 2.24) is 20.4 Å². The zero-order chi connectivity index (χ0) is 15.2. The van der Waals surface area contributed by atoms with Crippen molar-refractivity contribution >= 4 is 6.03 Å². The zero-order valence-electron chi connectivity index (χ0n) is 12.4. The van der Waals surface area contributed by atoms with E-state index in [2.05, 4.69) is 15.7 Å². The molecule has 1 aromatic carbocycles. The molecule has 1 aliphatic rings. The van der Waals surface area contributed by atoms with Crippen molar-refractivity contribution in [1.29, 1.82) is 0 Å². The second kappa shape index (κ2) is 7.09. The van der Waals surface area contributed by atoms with Crippen LogP contribution in [0.5, 0.6) is 0 Å². The standard InChI is InChI=1S/C16H20N4O2/c21-16(18-10-13-4-2-1-3-5-13)17-7-8-20-15-6-9-22-12-14(15)11-19-20/h1-5,11H,6-10,12H2,(H2,17,18,21). The Morgan fingerprint density at radius 1 is 1.27 bits per heavy atom. The Morgan fingerprint density at radius 3 is 3.00 bits per heavy atom. The molecule has 0 atom stereocenters. The first-order valence-corrected chi connectivity index (χ1v) is 7.50. The second-order valence-corrected chi connectivity index (χ2v) is 5.24. The molecule has 2 heterocycles. The summed E-state index contributed by atoms with van der Waals surface area (Å²) in [5.74, 6) is 0. The number of nitrogens with one attached hydrogen (secondary N) is 2. The van der Waals surface area contributed by atoms with Crippen molar-refractivity contribution in [3.05, 3.63) is 53.3 Å². The van der Waals surface area contributed by atoms with Crippen LogP contribution in [0.4, 0.5) is 4.79 Å². The lowest BCUT2D eigenvalue weighted by Gasteiger charge is -2.15. The molecule has 0 bridgehead atoms. The minimum absolute atomic E-state index is 0.159. The summed E-state index contributed by atoms with van der Waals surface area (Å²) in [4.78, 5) is 11.8. The average molecular weight is 300 g/mol. The number of fused-ring (bicyclic) bond motifs is 1. The van der Waals surface area contributed by atoms with Gasteiger partial charge in [-0.2, -0.15) is 5.10 Å². The normalized spacial score (nSPS) is 13.5. The van der Waals surface area contributed by atoms with E-state index in [1.54, 1.807) is 0 Å². The van der Waals surface area contributed by atoms with E-state index in [0.717, 1.165) is 24.2 Å². The summed E-state index contributed by atoms with van der Waals surface area (Å²) < 4.78 is 7.35. The summed E-state index contributed by atoms with van der Waals surface area (Å²) in [5, 5.41) is 10.1. The van der Waals surface area contributed by atoms with Gasteiger partial charge in [0.05, 0.1) is 26.0 Å². The number of aromatic nitrogens is 2. The number of ether oxygens (including phenoxy) is 1. The van der Waals surface area contributed by atoms with E-state index in [0.29, 0.717) is 26.2 Å². The molecule has 2 N–H and O–H groups in total. The van der Waals surface area contributed by atoms with Crippen molar-refractivity contribution in [2.75, 3.05) is 13.2 Å². The Kier molecular flexibility index (Phi) is 4.70. The highest BCUT2D eigenvalue weighted by Gasteiger charge is 2.14. The Labute approximate surface area is 129 Å². The highest BCUT2D eigenvalue weighted by molar-refractivity contribution is 5.73. The molecule has 0 saturated heterocycles. The number of hydrogen-bond donors (Lipinski definition) is 2. The smallest absolute Gasteiger partial charge is 0.315 e. The average Bonchev–Trinajstić information content (AvgIpc) is 2.97. The van der Waals surface area contributed by atoms with E-state index < -0.39 is 0 Å². The molecule has 2 amide bonds. The lowest BCUT2D eigenvalue weighted by molar-refractivity contribution is 0.109. The van der Waals surface area contributed by atoms with Crippen molar-refractivity contribution in [2.24, 2.45) is 0 Å². The maximum atomic E-state index is 11.8. The van der Waals surface area contributed by atoms with Crippen LogP contribution < -0.4 is 10.6 Å². The van der Waals surface area contributed by atoms with Crippen LogP contribution in [0.1, 0.15) is 16.8 Å². The molecule has 22 heavy (non-hydrogen) atoms. The maximum Gasteiger partial charge on any atom is 0.315 e. The first kappa shape index (κ1) is 14.6. The highest BCUT2D eigenvalue weighted by atomic mass is 16.5. The Bertz CT molecular complexity index is 624. The van der Waals surface area contributed by atoms with Gasteiger partial charge in [-0.05, 0) is 5.56 Å². The van der Waals surface area contributed by atoms with Crippen LogP contribution in [-0.2, 0) is 30.9 Å². The van der Waals surface area contributed by atoms with Crippen molar-refractivity contribution in [3.63, 3.8) is 0 Å². The van der Waals surface area contributed by atoms with Gasteiger partial charge < -0.3 is 15.4 Å². The van der Waals surface area contributed by atoms with Gasteiger partial charge in [-0.3, -0.25) is 4.68 Å². The summed E-state index contributed by atoms with van der Waals surface area (Å²) >= 11 is 0. The molecular formula is C16H20N4O2. The highest BCUT2D eigenvalue weighted by Crippen LogP contribution is 2.15. The Morgan fingerprint density at radius 2 is 2.14 bits per heavy atom. The van der Waals surface area contributed by atoms with Gasteiger partial charge in [-0.15, -0.1) is 0 Å². The molecule has 6 nitrogen and oxygen atoms in total. The molecule has 3 rings (SSSR count). The van der Waals surface area contributed by atoms with Crippen LogP contribution in [-0.4, -0.2) is 29.0 Å². The molecule has 2 aromatic rings. The first-order chi connectivity index (χ1) is 10.8. The van der Waals surface area contributed by atoms with Gasteiger partial charge in [0, 0.05) is 30.8 Å². The van der Waals surface area contributed by atoms with Crippen molar-refractivity contribution < 1.29 is 9.53 Å². The largest absolute Gasteiger partial charge is 0.376 e. The molecule has 0 saturated carbocycles. The van der Waals surface area contributed by atoms with Gasteiger partial charge in [0.1, 0.15) is 0 Å². The number of rotatable bonds is 5. The summed E-state index contributed by atoms with van der Waals surface area (Å²) in [6.07, 6.45) is 2.74. The number of nitrogens with zero attached hydrogens (tertiary/aromatic N) is 2. The summed E-state index contributed by atoms with van der Waals surface area (Å²) in [7, 11) is 0. The fourth-order valence-electron chi connectivity index (χ4n) is 2.52. The van der Waals surface area contributed by atoms with E-state index in [4.69, 9.17) is 4.74 Å². The van der Waals surface area contributed by atoms with E-state index in [1.807, 2.05) is 41.2 Å². The molecule has 1 aromatic heterocycles. The van der Waals surface area contributed by atoms with Gasteiger partial charge in [-0.25, -0.2) is 4.79 Å². The lowest BCUT2D eigenvalue weighted by Crippen LogP contribution is -2.37. The quantitative estimate of drug-likeness (QED) is 0.878. The Hall–Kier alpha value is -2.34. The van der Waals surface area contributed by atoms with E-state index in [1.165, 1.54) is 5.69 Å². The number of carbonyl (C=O) groups is 1. The number of urea groups is 1. The van der Waals surface area contributed by atoms with Crippen molar-refractivity contribution in [3.8, 4) is 0 Å². The fraction of sp³-hybridized carbons (Fsp3) is 0.375. The molecule has 116 valence electrons. The predicted octanol–water partition coefficient (Wildman–Crippen LogP) is 1.46. The van der Waals surface area contributed by atoms with Gasteiger partial charge in [0.25, 0.3) is 0 Å². The SMILES string of the molecule is O=C(NCCn1ncc2c1CCOC2)NCc1ccccc1. The van der Waals surface area contributed by atoms with E-state index in [9.17, 15) is 4.79 Å². The first-order valence-electron chi connectivity index (χ1n) is 7.50. The minimum atomic E-state index is -0.159. The van der Waals surface area contributed by atoms with Gasteiger partial charge in [0.15, 0.2) is 0 Å². The third-order valence-corrected chi connectivity index (χ3v) is 3.68. The summed E-state index contributed by atoms with van der Waals surface area (Å²) in [6, 6.07) is 9.68. The Balaban J connectivity index is 1.41. The second-order valence-electron chi connectivity index (χ2n) is 5.24. The fourth-order valence-corrected chi connectivity index (χ4v) is 2.52. The molecule has 0 aliphatic carbocycles. The molecule has 1 aliphatic heterocycles. The number of benzene rings is 1. The molecule has 0 radical (unpaired) electrons. The predicted molar refractivity (Wildman–Crippen MR) is 82.3 cm³/mol. The van der Waals surface area contributed by atoms with E-state index >= 15 is 0 Å². The molecular weight excluding hydrogens is 280 g/mol. The third-order valence-electron chi connectivity index (χ3n) is 3.68. The van der Waals surface area contributed by atoms with Crippen LogP contribution >= 0.6 is 0 Å². The van der Waals surface area contributed by atoms with Crippen molar-refractivity contribution in [2.45, 2.75) is 26.1 Å². The third kappa shape index (κ3) is 3.65. The summed E-state index contributed by atoms with van der Waals surface area (Å²) in [5.41, 5.74) is 3.45. The molecule has 0 spiro atoms. The molecule has 6 heteroatoms. The monoisotopic (exact) mass is 300 g/mol. The lowest BCUT2D eigenvalue weighted by atomic mass is 10.2. The maximum absolute atomic E-state index is 11.8. The van der Waals surface area contributed by atoms with Crippen LogP contribution in [0.3, 0.4) is 0 Å². The minimum Gasteiger partial charge on any atom is -0.376 e. The van der Waals surface area contributed by atoms with Crippen LogP contribution in [0.15, 0.2) is 36.5 Å². The summed E-state index contributed by atoms with van der Waals surface area (Å²) in [6.45, 7) is 3.13. The van der Waals surface area contributed by atoms with Gasteiger partial charge >= 0.3 is 6.03 Å². The number of hydrogen-bond acceptors (Lipinski definition) is 3. The van der Waals surface area contributed by atoms with Crippen LogP contribution in [0.2, 0.25) is 0 Å². The van der Waals surface area contributed by atoms with Gasteiger partial charge in [-0.1, -0.05) is 30.3 Å². The number of amides is 2. The van der Waals surface area contributed by atoms with Gasteiger partial charge in [0.2, 0.25) is 0 Å². The van der Waals surface area contributed by atoms with E-state index in [-0.39, 0.29) is 6.03 Å². The molecule has 0 unspecified atom stereocenters. The van der Waals surface area contributed by atoms with Crippen LogP contribution in [0, 0.1) is 0 Å². The topological polar surface area (TPSA) is 68.2 Å². The van der Waals surface area contributed by atoms with Crippen LogP contribution in [0.25, 0.3) is 0 Å². The number of carbonyl (C=O) groups excluding carboxylic acids is 1. The zero-order valence-corrected chi connectivity index (χ0v) is 12.4.